The molecule has 0 radical (unpaired) electrons. The molecule has 0 bridgehead atoms. The van der Waals surface area contributed by atoms with Gasteiger partial charge in [0.15, 0.2) is 0 Å². The van der Waals surface area contributed by atoms with Crippen LogP contribution in [0.1, 0.15) is 36.3 Å². The number of pyridine rings is 1. The first kappa shape index (κ1) is 15.9. The van der Waals surface area contributed by atoms with Crippen molar-refractivity contribution in [2.45, 2.75) is 32.7 Å². The molecule has 0 fully saturated rings. The van der Waals surface area contributed by atoms with Crippen molar-refractivity contribution in [3.8, 4) is 0 Å². The SMILES string of the molecule is CCCNC(Cc1c(Cl)c(C)nn1C)c1ccncc1F. The van der Waals surface area contributed by atoms with Gasteiger partial charge in [-0.05, 0) is 26.0 Å². The standard InChI is InChI=1S/C15H20ClFN4/c1-4-6-19-13(11-5-7-18-9-12(11)17)8-14-15(16)10(2)20-21(14)3/h5,7,9,13,19H,4,6,8H2,1-3H3. The highest BCUT2D eigenvalue weighted by Gasteiger charge is 2.20. The molecule has 0 saturated carbocycles. The van der Waals surface area contributed by atoms with Crippen LogP contribution in [0.4, 0.5) is 4.39 Å². The third-order valence-corrected chi connectivity index (χ3v) is 3.97. The van der Waals surface area contributed by atoms with Crippen molar-refractivity contribution < 1.29 is 4.39 Å². The molecule has 0 spiro atoms. The number of nitrogens with one attached hydrogen (secondary N) is 1. The number of hydrogen-bond acceptors (Lipinski definition) is 3. The van der Waals surface area contributed by atoms with Crippen LogP contribution in [0.2, 0.25) is 5.02 Å². The summed E-state index contributed by atoms with van der Waals surface area (Å²) in [7, 11) is 1.86. The second-order valence-corrected chi connectivity index (χ2v) is 5.46. The van der Waals surface area contributed by atoms with Gasteiger partial charge in [-0.2, -0.15) is 5.10 Å². The zero-order valence-corrected chi connectivity index (χ0v) is 13.3. The average Bonchev–Trinajstić information content (AvgIpc) is 2.70. The van der Waals surface area contributed by atoms with Crippen LogP contribution in [0.5, 0.6) is 0 Å². The average molecular weight is 311 g/mol. The molecule has 0 aliphatic rings. The second-order valence-electron chi connectivity index (χ2n) is 5.08. The number of aromatic nitrogens is 3. The van der Waals surface area contributed by atoms with Gasteiger partial charge in [-0.15, -0.1) is 0 Å². The maximum atomic E-state index is 14.0. The molecular formula is C15H20ClFN4. The van der Waals surface area contributed by atoms with E-state index in [0.717, 1.165) is 24.4 Å². The Hall–Kier alpha value is -1.46. The molecule has 1 N–H and O–H groups in total. The van der Waals surface area contributed by atoms with Gasteiger partial charge in [-0.3, -0.25) is 9.67 Å². The fraction of sp³-hybridized carbons (Fsp3) is 0.467. The van der Waals surface area contributed by atoms with Crippen molar-refractivity contribution in [2.24, 2.45) is 7.05 Å². The Labute approximate surface area is 129 Å². The molecule has 6 heteroatoms. The van der Waals surface area contributed by atoms with Crippen LogP contribution in [0.15, 0.2) is 18.5 Å². The summed E-state index contributed by atoms with van der Waals surface area (Å²) < 4.78 is 15.8. The summed E-state index contributed by atoms with van der Waals surface area (Å²) in [6.45, 7) is 4.75. The maximum absolute atomic E-state index is 14.0. The lowest BCUT2D eigenvalue weighted by molar-refractivity contribution is 0.483. The van der Waals surface area contributed by atoms with Gasteiger partial charge in [-0.1, -0.05) is 18.5 Å². The van der Waals surface area contributed by atoms with Gasteiger partial charge in [0.05, 0.1) is 22.6 Å². The highest BCUT2D eigenvalue weighted by molar-refractivity contribution is 6.31. The van der Waals surface area contributed by atoms with E-state index in [9.17, 15) is 4.39 Å². The molecule has 0 saturated heterocycles. The lowest BCUT2D eigenvalue weighted by atomic mass is 10.0. The highest BCUT2D eigenvalue weighted by atomic mass is 35.5. The third-order valence-electron chi connectivity index (χ3n) is 3.48. The maximum Gasteiger partial charge on any atom is 0.146 e. The molecule has 0 aliphatic heterocycles. The fourth-order valence-corrected chi connectivity index (χ4v) is 2.61. The molecule has 2 rings (SSSR count). The van der Waals surface area contributed by atoms with Crippen LogP contribution in [-0.4, -0.2) is 21.3 Å². The van der Waals surface area contributed by atoms with Crippen molar-refractivity contribution in [3.05, 3.63) is 46.3 Å². The normalized spacial score (nSPS) is 12.6. The quantitative estimate of drug-likeness (QED) is 0.891. The summed E-state index contributed by atoms with van der Waals surface area (Å²) in [4.78, 5) is 3.81. The van der Waals surface area contributed by atoms with Crippen molar-refractivity contribution in [1.29, 1.82) is 0 Å². The van der Waals surface area contributed by atoms with Gasteiger partial charge in [0.2, 0.25) is 0 Å². The predicted molar refractivity (Wildman–Crippen MR) is 81.9 cm³/mol. The third kappa shape index (κ3) is 3.60. The van der Waals surface area contributed by atoms with E-state index >= 15 is 0 Å². The van der Waals surface area contributed by atoms with Gasteiger partial charge in [0.1, 0.15) is 5.82 Å². The fourth-order valence-electron chi connectivity index (χ4n) is 2.37. The minimum absolute atomic E-state index is 0.153. The zero-order chi connectivity index (χ0) is 15.4. The van der Waals surface area contributed by atoms with E-state index in [1.807, 2.05) is 14.0 Å². The van der Waals surface area contributed by atoms with Crippen LogP contribution < -0.4 is 5.32 Å². The molecule has 2 aromatic rings. The van der Waals surface area contributed by atoms with Crippen molar-refractivity contribution in [2.75, 3.05) is 6.54 Å². The first-order valence-electron chi connectivity index (χ1n) is 7.05. The predicted octanol–water partition coefficient (Wildman–Crippen LogP) is 3.20. The van der Waals surface area contributed by atoms with Gasteiger partial charge in [0.25, 0.3) is 0 Å². The van der Waals surface area contributed by atoms with Crippen molar-refractivity contribution >= 4 is 11.6 Å². The van der Waals surface area contributed by atoms with Gasteiger partial charge in [-0.25, -0.2) is 4.39 Å². The molecule has 21 heavy (non-hydrogen) atoms. The molecule has 0 aliphatic carbocycles. The first-order valence-corrected chi connectivity index (χ1v) is 7.43. The largest absolute Gasteiger partial charge is 0.310 e. The number of aryl methyl sites for hydroxylation is 2. The Kier molecular flexibility index (Phi) is 5.31. The summed E-state index contributed by atoms with van der Waals surface area (Å²) in [5.41, 5.74) is 2.30. The van der Waals surface area contributed by atoms with E-state index in [4.69, 9.17) is 11.6 Å². The van der Waals surface area contributed by atoms with Crippen LogP contribution in [0.3, 0.4) is 0 Å². The Balaban J connectivity index is 2.31. The number of rotatable bonds is 6. The Bertz CT molecular complexity index is 612. The van der Waals surface area contributed by atoms with E-state index in [1.165, 1.54) is 6.20 Å². The van der Waals surface area contributed by atoms with Crippen molar-refractivity contribution in [3.63, 3.8) is 0 Å². The first-order chi connectivity index (χ1) is 10.0. The van der Waals surface area contributed by atoms with Gasteiger partial charge < -0.3 is 5.32 Å². The number of hydrogen-bond donors (Lipinski definition) is 1. The monoisotopic (exact) mass is 310 g/mol. The summed E-state index contributed by atoms with van der Waals surface area (Å²) >= 11 is 6.30. The van der Waals surface area contributed by atoms with Crippen LogP contribution in [0, 0.1) is 12.7 Å². The molecule has 2 heterocycles. The molecule has 0 aromatic carbocycles. The summed E-state index contributed by atoms with van der Waals surface area (Å²) in [5, 5.41) is 8.33. The van der Waals surface area contributed by atoms with E-state index in [1.54, 1.807) is 16.9 Å². The summed E-state index contributed by atoms with van der Waals surface area (Å²) in [5.74, 6) is -0.305. The molecule has 2 aromatic heterocycles. The number of halogens is 2. The zero-order valence-electron chi connectivity index (χ0n) is 12.5. The highest BCUT2D eigenvalue weighted by Crippen LogP contribution is 2.26. The molecule has 1 atom stereocenters. The lowest BCUT2D eigenvalue weighted by Gasteiger charge is -2.19. The topological polar surface area (TPSA) is 42.7 Å². The minimum Gasteiger partial charge on any atom is -0.310 e. The Morgan fingerprint density at radius 2 is 2.24 bits per heavy atom. The lowest BCUT2D eigenvalue weighted by Crippen LogP contribution is -2.26. The van der Waals surface area contributed by atoms with E-state index in [0.29, 0.717) is 17.0 Å². The van der Waals surface area contributed by atoms with E-state index in [-0.39, 0.29) is 11.9 Å². The van der Waals surface area contributed by atoms with E-state index in [2.05, 4.69) is 22.3 Å². The summed E-state index contributed by atoms with van der Waals surface area (Å²) in [6.07, 6.45) is 4.40. The van der Waals surface area contributed by atoms with Gasteiger partial charge >= 0.3 is 0 Å². The molecule has 1 unspecified atom stereocenters. The smallest absolute Gasteiger partial charge is 0.146 e. The molecular weight excluding hydrogens is 291 g/mol. The number of nitrogens with zero attached hydrogens (tertiary/aromatic N) is 3. The van der Waals surface area contributed by atoms with E-state index < -0.39 is 0 Å². The Morgan fingerprint density at radius 1 is 1.48 bits per heavy atom. The van der Waals surface area contributed by atoms with Crippen LogP contribution in [-0.2, 0) is 13.5 Å². The second kappa shape index (κ2) is 7.00. The molecule has 4 nitrogen and oxygen atoms in total. The van der Waals surface area contributed by atoms with Crippen LogP contribution >= 0.6 is 11.6 Å². The summed E-state index contributed by atoms with van der Waals surface area (Å²) in [6, 6.07) is 1.56. The minimum atomic E-state index is -0.305. The Morgan fingerprint density at radius 3 is 2.81 bits per heavy atom. The van der Waals surface area contributed by atoms with Crippen molar-refractivity contribution in [1.82, 2.24) is 20.1 Å². The molecule has 0 amide bonds. The molecule has 114 valence electrons. The van der Waals surface area contributed by atoms with Gasteiger partial charge in [0, 0.05) is 31.3 Å². The van der Waals surface area contributed by atoms with Crippen LogP contribution in [0.25, 0.3) is 0 Å².